The van der Waals surface area contributed by atoms with Crippen LogP contribution in [0.2, 0.25) is 0 Å². The minimum absolute atomic E-state index is 0.646. The van der Waals surface area contributed by atoms with Crippen molar-refractivity contribution < 1.29 is 9.47 Å². The van der Waals surface area contributed by atoms with E-state index in [0.717, 1.165) is 35.2 Å². The zero-order valence-corrected chi connectivity index (χ0v) is 16.6. The van der Waals surface area contributed by atoms with Gasteiger partial charge in [-0.25, -0.2) is 9.97 Å². The molecule has 0 bridgehead atoms. The van der Waals surface area contributed by atoms with Gasteiger partial charge in [0, 0.05) is 23.6 Å². The van der Waals surface area contributed by atoms with Crippen molar-refractivity contribution in [3.05, 3.63) is 78.4 Å². The second-order valence-electron chi connectivity index (χ2n) is 6.65. The van der Waals surface area contributed by atoms with E-state index in [1.807, 2.05) is 48.5 Å². The fourth-order valence-electron chi connectivity index (χ4n) is 3.28. The zero-order valence-electron chi connectivity index (χ0n) is 16.6. The highest BCUT2D eigenvalue weighted by molar-refractivity contribution is 5.93. The molecule has 5 heteroatoms. The first-order valence-corrected chi connectivity index (χ1v) is 9.55. The average Bonchev–Trinajstić information content (AvgIpc) is 2.79. The van der Waals surface area contributed by atoms with Gasteiger partial charge in [-0.1, -0.05) is 60.7 Å². The van der Waals surface area contributed by atoms with Gasteiger partial charge in [-0.2, -0.15) is 0 Å². The predicted octanol–water partition coefficient (Wildman–Crippen LogP) is 4.97. The van der Waals surface area contributed by atoms with E-state index >= 15 is 0 Å². The van der Waals surface area contributed by atoms with Gasteiger partial charge in [0.15, 0.2) is 17.3 Å². The third kappa shape index (κ3) is 4.14. The summed E-state index contributed by atoms with van der Waals surface area (Å²) < 4.78 is 10.9. The first-order valence-electron chi connectivity index (χ1n) is 9.55. The number of fused-ring (bicyclic) bond motifs is 1. The Morgan fingerprint density at radius 3 is 2.14 bits per heavy atom. The van der Waals surface area contributed by atoms with Gasteiger partial charge in [0.05, 0.1) is 19.7 Å². The Bertz CT molecular complexity index is 1100. The van der Waals surface area contributed by atoms with Crippen LogP contribution in [0.1, 0.15) is 5.56 Å². The third-order valence-electron chi connectivity index (χ3n) is 4.78. The van der Waals surface area contributed by atoms with E-state index in [1.54, 1.807) is 14.2 Å². The summed E-state index contributed by atoms with van der Waals surface area (Å²) in [6, 6.07) is 24.2. The van der Waals surface area contributed by atoms with Crippen LogP contribution in [0.5, 0.6) is 11.5 Å². The number of nitrogens with zero attached hydrogens (tertiary/aromatic N) is 2. The molecule has 1 aromatic heterocycles. The Balaban J connectivity index is 1.74. The van der Waals surface area contributed by atoms with Gasteiger partial charge in [-0.05, 0) is 18.1 Å². The van der Waals surface area contributed by atoms with E-state index < -0.39 is 0 Å². The summed E-state index contributed by atoms with van der Waals surface area (Å²) in [6.45, 7) is 0.763. The van der Waals surface area contributed by atoms with Crippen molar-refractivity contribution in [2.24, 2.45) is 0 Å². The summed E-state index contributed by atoms with van der Waals surface area (Å²) in [7, 11) is 3.26. The van der Waals surface area contributed by atoms with Crippen molar-refractivity contribution in [1.82, 2.24) is 9.97 Å². The summed E-state index contributed by atoms with van der Waals surface area (Å²) in [4.78, 5) is 9.58. The molecule has 0 amide bonds. The topological polar surface area (TPSA) is 56.3 Å². The molecule has 0 unspecified atom stereocenters. The highest BCUT2D eigenvalue weighted by Crippen LogP contribution is 2.35. The highest BCUT2D eigenvalue weighted by Gasteiger charge is 2.14. The molecule has 0 fully saturated rings. The maximum absolute atomic E-state index is 5.48. The van der Waals surface area contributed by atoms with Crippen molar-refractivity contribution in [3.63, 3.8) is 0 Å². The maximum atomic E-state index is 5.48. The Labute approximate surface area is 170 Å². The van der Waals surface area contributed by atoms with E-state index in [-0.39, 0.29) is 0 Å². The molecule has 4 rings (SSSR count). The summed E-state index contributed by atoms with van der Waals surface area (Å²) in [6.07, 6.45) is 0.903. The van der Waals surface area contributed by atoms with Crippen molar-refractivity contribution in [3.8, 4) is 22.9 Å². The number of nitrogens with one attached hydrogen (secondary N) is 1. The summed E-state index contributed by atoms with van der Waals surface area (Å²) in [5.74, 6) is 2.76. The lowest BCUT2D eigenvalue weighted by atomic mass is 10.1. The number of aromatic nitrogens is 2. The Hall–Kier alpha value is -3.60. The smallest absolute Gasteiger partial charge is 0.162 e. The van der Waals surface area contributed by atoms with Gasteiger partial charge in [0.1, 0.15) is 5.82 Å². The first kappa shape index (κ1) is 18.7. The number of hydrogen-bond donors (Lipinski definition) is 1. The molecule has 5 nitrogen and oxygen atoms in total. The number of rotatable bonds is 7. The molecule has 0 aliphatic heterocycles. The van der Waals surface area contributed by atoms with Gasteiger partial charge in [-0.3, -0.25) is 0 Å². The number of anilines is 1. The van der Waals surface area contributed by atoms with Crippen LogP contribution in [-0.4, -0.2) is 30.7 Å². The lowest BCUT2D eigenvalue weighted by Gasteiger charge is -2.14. The SMILES string of the molecule is COc1cc2nc(-c3ccccc3)nc(NCCc3ccccc3)c2cc1OC. The summed E-state index contributed by atoms with van der Waals surface area (Å²) in [5.41, 5.74) is 3.05. The number of methoxy groups -OCH3 is 2. The van der Waals surface area contributed by atoms with Crippen LogP contribution in [-0.2, 0) is 6.42 Å². The second-order valence-corrected chi connectivity index (χ2v) is 6.65. The molecule has 0 aliphatic carbocycles. The van der Waals surface area contributed by atoms with Gasteiger partial charge < -0.3 is 14.8 Å². The van der Waals surface area contributed by atoms with Crippen molar-refractivity contribution in [1.29, 1.82) is 0 Å². The Kier molecular flexibility index (Phi) is 5.56. The minimum atomic E-state index is 0.646. The zero-order chi connectivity index (χ0) is 20.1. The molecule has 0 saturated carbocycles. The molecule has 1 heterocycles. The Morgan fingerprint density at radius 2 is 1.45 bits per heavy atom. The minimum Gasteiger partial charge on any atom is -0.493 e. The Morgan fingerprint density at radius 1 is 0.793 bits per heavy atom. The summed E-state index contributed by atoms with van der Waals surface area (Å²) >= 11 is 0. The third-order valence-corrected chi connectivity index (χ3v) is 4.78. The van der Waals surface area contributed by atoms with Gasteiger partial charge in [0.2, 0.25) is 0 Å². The molecule has 4 aromatic rings. The monoisotopic (exact) mass is 385 g/mol. The van der Waals surface area contributed by atoms with Crippen LogP contribution in [0.3, 0.4) is 0 Å². The van der Waals surface area contributed by atoms with E-state index in [1.165, 1.54) is 5.56 Å². The quantitative estimate of drug-likeness (QED) is 0.487. The molecule has 146 valence electrons. The average molecular weight is 385 g/mol. The van der Waals surface area contributed by atoms with E-state index in [4.69, 9.17) is 19.4 Å². The second kappa shape index (κ2) is 8.61. The molecule has 0 radical (unpaired) electrons. The number of ether oxygens (including phenoxy) is 2. The van der Waals surface area contributed by atoms with Gasteiger partial charge in [0.25, 0.3) is 0 Å². The van der Waals surface area contributed by atoms with Crippen molar-refractivity contribution in [2.45, 2.75) is 6.42 Å². The molecule has 0 saturated heterocycles. The van der Waals surface area contributed by atoms with Crippen molar-refractivity contribution in [2.75, 3.05) is 26.1 Å². The highest BCUT2D eigenvalue weighted by atomic mass is 16.5. The normalized spacial score (nSPS) is 10.7. The molecule has 29 heavy (non-hydrogen) atoms. The maximum Gasteiger partial charge on any atom is 0.162 e. The standard InChI is InChI=1S/C24H23N3O2/c1-28-21-15-19-20(16-22(21)29-2)26-23(18-11-7-4-8-12-18)27-24(19)25-14-13-17-9-5-3-6-10-17/h3-12,15-16H,13-14H2,1-2H3,(H,25,26,27). The van der Waals surface area contributed by atoms with Crippen LogP contribution in [0.15, 0.2) is 72.8 Å². The van der Waals surface area contributed by atoms with Crippen LogP contribution >= 0.6 is 0 Å². The van der Waals surface area contributed by atoms with Crippen LogP contribution in [0, 0.1) is 0 Å². The van der Waals surface area contributed by atoms with Crippen molar-refractivity contribution >= 4 is 16.7 Å². The van der Waals surface area contributed by atoms with Crippen LogP contribution < -0.4 is 14.8 Å². The van der Waals surface area contributed by atoms with Gasteiger partial charge in [-0.15, -0.1) is 0 Å². The van der Waals surface area contributed by atoms with Crippen LogP contribution in [0.25, 0.3) is 22.3 Å². The molecule has 0 spiro atoms. The molecule has 0 aliphatic rings. The first-order chi connectivity index (χ1) is 14.3. The molecular formula is C24H23N3O2. The molecule has 1 N–H and O–H groups in total. The fourth-order valence-corrected chi connectivity index (χ4v) is 3.28. The lowest BCUT2D eigenvalue weighted by molar-refractivity contribution is 0.356. The number of hydrogen-bond acceptors (Lipinski definition) is 5. The molecular weight excluding hydrogens is 362 g/mol. The molecule has 0 atom stereocenters. The van der Waals surface area contributed by atoms with Crippen LogP contribution in [0.4, 0.5) is 5.82 Å². The fraction of sp³-hybridized carbons (Fsp3) is 0.167. The largest absolute Gasteiger partial charge is 0.493 e. The summed E-state index contributed by atoms with van der Waals surface area (Å²) in [5, 5.41) is 4.39. The lowest BCUT2D eigenvalue weighted by Crippen LogP contribution is -2.08. The van der Waals surface area contributed by atoms with E-state index in [2.05, 4.69) is 29.6 Å². The van der Waals surface area contributed by atoms with E-state index in [0.29, 0.717) is 17.3 Å². The predicted molar refractivity (Wildman–Crippen MR) is 117 cm³/mol. The molecule has 3 aromatic carbocycles. The van der Waals surface area contributed by atoms with E-state index in [9.17, 15) is 0 Å². The van der Waals surface area contributed by atoms with Gasteiger partial charge >= 0.3 is 0 Å². The number of benzene rings is 3.